The number of hydrogen-bond donors (Lipinski definition) is 3. The lowest BCUT2D eigenvalue weighted by atomic mass is 9.73. The van der Waals surface area contributed by atoms with Crippen molar-refractivity contribution >= 4 is 17.8 Å². The summed E-state index contributed by atoms with van der Waals surface area (Å²) in [6.45, 7) is 5.95. The number of carboxylic acid groups (broad SMARTS) is 2. The summed E-state index contributed by atoms with van der Waals surface area (Å²) in [5.41, 5.74) is 2.48. The number of likely N-dealkylation sites (tertiary alicyclic amines) is 1. The van der Waals surface area contributed by atoms with Crippen molar-refractivity contribution in [3.05, 3.63) is 41.2 Å². The van der Waals surface area contributed by atoms with Crippen LogP contribution in [-0.4, -0.2) is 85.2 Å². The molecule has 222 valence electrons. The van der Waals surface area contributed by atoms with Crippen molar-refractivity contribution in [2.75, 3.05) is 20.1 Å². The first-order valence-electron chi connectivity index (χ1n) is 11.9. The molecule has 2 aliphatic heterocycles. The van der Waals surface area contributed by atoms with E-state index in [1.807, 2.05) is 17.6 Å². The van der Waals surface area contributed by atoms with Crippen LogP contribution in [-0.2, 0) is 29.1 Å². The van der Waals surface area contributed by atoms with Crippen LogP contribution in [0.3, 0.4) is 0 Å². The van der Waals surface area contributed by atoms with E-state index in [4.69, 9.17) is 19.8 Å². The Kier molecular flexibility index (Phi) is 10.6. The van der Waals surface area contributed by atoms with E-state index in [1.165, 1.54) is 0 Å². The number of alkyl halides is 6. The van der Waals surface area contributed by atoms with Gasteiger partial charge in [-0.3, -0.25) is 14.7 Å². The molecule has 0 radical (unpaired) electrons. The van der Waals surface area contributed by atoms with E-state index in [2.05, 4.69) is 37.5 Å². The topological polar surface area (TPSA) is 151 Å². The summed E-state index contributed by atoms with van der Waals surface area (Å²) in [6.07, 6.45) is -5.84. The van der Waals surface area contributed by atoms with Crippen LogP contribution < -0.4 is 5.32 Å². The highest BCUT2D eigenvalue weighted by Gasteiger charge is 2.40. The van der Waals surface area contributed by atoms with Crippen LogP contribution >= 0.6 is 0 Å². The van der Waals surface area contributed by atoms with Gasteiger partial charge in [-0.05, 0) is 56.8 Å². The second kappa shape index (κ2) is 13.1. The van der Waals surface area contributed by atoms with Crippen LogP contribution in [0.15, 0.2) is 18.2 Å². The molecule has 0 aromatic carbocycles. The number of carbonyl (C=O) groups is 3. The molecular weight excluding hydrogens is 554 g/mol. The van der Waals surface area contributed by atoms with E-state index in [0.717, 1.165) is 69.1 Å². The number of amides is 1. The lowest BCUT2D eigenvalue weighted by Gasteiger charge is -2.44. The molecule has 1 amide bonds. The van der Waals surface area contributed by atoms with Gasteiger partial charge in [0.1, 0.15) is 5.82 Å². The Labute approximate surface area is 224 Å². The van der Waals surface area contributed by atoms with Crippen molar-refractivity contribution in [1.82, 2.24) is 30.0 Å². The molecule has 1 fully saturated rings. The van der Waals surface area contributed by atoms with Crippen molar-refractivity contribution in [3.8, 4) is 0 Å². The van der Waals surface area contributed by atoms with Gasteiger partial charge in [0.15, 0.2) is 0 Å². The molecular formula is C23H28F6N6O5. The molecule has 1 spiro atoms. The van der Waals surface area contributed by atoms with Crippen molar-refractivity contribution < 1.29 is 50.9 Å². The van der Waals surface area contributed by atoms with Gasteiger partial charge in [0.25, 0.3) is 5.91 Å². The van der Waals surface area contributed by atoms with Gasteiger partial charge in [-0.15, -0.1) is 10.2 Å². The summed E-state index contributed by atoms with van der Waals surface area (Å²) in [7, 11) is 1.64. The number of hydrogen-bond acceptors (Lipinski definition) is 7. The van der Waals surface area contributed by atoms with Crippen molar-refractivity contribution in [1.29, 1.82) is 0 Å². The van der Waals surface area contributed by atoms with E-state index >= 15 is 0 Å². The molecule has 0 saturated carbocycles. The fraction of sp³-hybridized carbons (Fsp3) is 0.565. The highest BCUT2D eigenvalue weighted by molar-refractivity contribution is 5.90. The Morgan fingerprint density at radius 2 is 1.52 bits per heavy atom. The molecule has 2 aromatic heterocycles. The van der Waals surface area contributed by atoms with Crippen LogP contribution in [0.25, 0.3) is 0 Å². The highest BCUT2D eigenvalue weighted by Crippen LogP contribution is 2.41. The number of pyridine rings is 1. The van der Waals surface area contributed by atoms with Gasteiger partial charge in [-0.25, -0.2) is 9.59 Å². The van der Waals surface area contributed by atoms with E-state index in [-0.39, 0.29) is 11.3 Å². The number of nitrogens with zero attached hydrogens (tertiary/aromatic N) is 5. The second-order valence-electron chi connectivity index (χ2n) is 9.26. The van der Waals surface area contributed by atoms with Crippen LogP contribution in [0.2, 0.25) is 0 Å². The molecule has 0 aliphatic carbocycles. The number of carboxylic acids is 2. The molecule has 0 atom stereocenters. The molecule has 3 N–H and O–H groups in total. The fourth-order valence-corrected chi connectivity index (χ4v) is 4.27. The number of aromatic nitrogens is 4. The molecule has 40 heavy (non-hydrogen) atoms. The predicted molar refractivity (Wildman–Crippen MR) is 125 cm³/mol. The van der Waals surface area contributed by atoms with Crippen molar-refractivity contribution in [2.24, 2.45) is 5.41 Å². The lowest BCUT2D eigenvalue weighted by molar-refractivity contribution is -0.193. The molecule has 17 heteroatoms. The Bertz CT molecular complexity index is 1170. The third-order valence-corrected chi connectivity index (χ3v) is 6.36. The van der Waals surface area contributed by atoms with Crippen molar-refractivity contribution in [3.63, 3.8) is 0 Å². The molecule has 0 unspecified atom stereocenters. The summed E-state index contributed by atoms with van der Waals surface area (Å²) in [5.74, 6) is -4.27. The maximum absolute atomic E-state index is 12.1. The Morgan fingerprint density at radius 1 is 0.975 bits per heavy atom. The summed E-state index contributed by atoms with van der Waals surface area (Å²) >= 11 is 0. The predicted octanol–water partition coefficient (Wildman–Crippen LogP) is 2.84. The summed E-state index contributed by atoms with van der Waals surface area (Å²) in [5, 5.41) is 25.2. The number of rotatable bonds is 3. The first-order valence-corrected chi connectivity index (χ1v) is 11.9. The molecule has 1 saturated heterocycles. The van der Waals surface area contributed by atoms with Gasteiger partial charge in [-0.2, -0.15) is 26.3 Å². The van der Waals surface area contributed by atoms with Crippen LogP contribution in [0.4, 0.5) is 26.3 Å². The summed E-state index contributed by atoms with van der Waals surface area (Å²) in [6, 6.07) is 6.23. The second-order valence-corrected chi connectivity index (χ2v) is 9.26. The molecule has 0 bridgehead atoms. The minimum Gasteiger partial charge on any atom is -0.475 e. The van der Waals surface area contributed by atoms with Gasteiger partial charge in [-0.1, -0.05) is 6.07 Å². The van der Waals surface area contributed by atoms with E-state index in [0.29, 0.717) is 5.82 Å². The highest BCUT2D eigenvalue weighted by atomic mass is 19.4. The lowest BCUT2D eigenvalue weighted by Crippen LogP contribution is -2.44. The normalized spacial score (nSPS) is 16.5. The minimum atomic E-state index is -5.08. The number of aliphatic carboxylic acids is 2. The Balaban J connectivity index is 0.000000333. The van der Waals surface area contributed by atoms with Gasteiger partial charge >= 0.3 is 24.3 Å². The maximum atomic E-state index is 12.1. The molecule has 4 rings (SSSR count). The van der Waals surface area contributed by atoms with Gasteiger partial charge in [0.05, 0.1) is 5.69 Å². The Hall–Kier alpha value is -3.76. The molecule has 2 aromatic rings. The van der Waals surface area contributed by atoms with Crippen molar-refractivity contribution in [2.45, 2.75) is 58.0 Å². The fourth-order valence-electron chi connectivity index (χ4n) is 4.27. The first kappa shape index (κ1) is 32.5. The minimum absolute atomic E-state index is 0.149. The van der Waals surface area contributed by atoms with E-state index < -0.39 is 24.3 Å². The zero-order valence-corrected chi connectivity index (χ0v) is 21.5. The van der Waals surface area contributed by atoms with Crippen LogP contribution in [0.5, 0.6) is 0 Å². The average Bonchev–Trinajstić information content (AvgIpc) is 3.27. The standard InChI is InChI=1S/C19H26N6O.2C2HF3O2/c1-14-4-3-5-15(21-14)12-24-10-8-19(9-11-24)7-6-16-22-23-17(18(26)20-2)25(16)13-19;2*3-2(4,5)1(6)7/h3-5H,6-13H2,1-2H3,(H,20,26);2*(H,6,7). The maximum Gasteiger partial charge on any atom is 0.490 e. The summed E-state index contributed by atoms with van der Waals surface area (Å²) < 4.78 is 65.5. The quantitative estimate of drug-likeness (QED) is 0.464. The largest absolute Gasteiger partial charge is 0.490 e. The Morgan fingerprint density at radius 3 is 2.00 bits per heavy atom. The average molecular weight is 583 g/mol. The smallest absolute Gasteiger partial charge is 0.475 e. The third-order valence-electron chi connectivity index (χ3n) is 6.36. The monoisotopic (exact) mass is 582 g/mol. The number of piperidine rings is 1. The summed E-state index contributed by atoms with van der Waals surface area (Å²) in [4.78, 5) is 37.0. The van der Waals surface area contributed by atoms with Gasteiger partial charge in [0.2, 0.25) is 5.82 Å². The molecule has 2 aliphatic rings. The SMILES string of the molecule is CNC(=O)c1nnc2n1CC1(CC2)CCN(Cc2cccc(C)n2)CC1.O=C(O)C(F)(F)F.O=C(O)C(F)(F)F. The van der Waals surface area contributed by atoms with Crippen LogP contribution in [0.1, 0.15) is 47.1 Å². The van der Waals surface area contributed by atoms with Crippen LogP contribution in [0, 0.1) is 12.3 Å². The zero-order valence-electron chi connectivity index (χ0n) is 21.5. The van der Waals surface area contributed by atoms with Gasteiger partial charge < -0.3 is 20.1 Å². The number of halogens is 6. The molecule has 11 nitrogen and oxygen atoms in total. The third kappa shape index (κ3) is 9.17. The van der Waals surface area contributed by atoms with Gasteiger partial charge in [0, 0.05) is 32.3 Å². The van der Waals surface area contributed by atoms with E-state index in [9.17, 15) is 31.1 Å². The first-order chi connectivity index (χ1) is 18.5. The molecule has 4 heterocycles. The number of nitrogens with one attached hydrogen (secondary N) is 1. The number of carbonyl (C=O) groups excluding carboxylic acids is 1. The zero-order chi connectivity index (χ0) is 30.3. The number of fused-ring (bicyclic) bond motifs is 1. The van der Waals surface area contributed by atoms with E-state index in [1.54, 1.807) is 7.05 Å². The number of aryl methyl sites for hydroxylation is 2.